The SMILES string of the molecule is CCCNC(CSCCC)c1c(OC)cnn1CC. The molecule has 0 aliphatic carbocycles. The molecule has 0 aliphatic rings. The zero-order valence-corrected chi connectivity index (χ0v) is 13.4. The van der Waals surface area contributed by atoms with Crippen LogP contribution >= 0.6 is 11.8 Å². The van der Waals surface area contributed by atoms with E-state index >= 15 is 0 Å². The van der Waals surface area contributed by atoms with Crippen LogP contribution < -0.4 is 10.1 Å². The molecule has 0 fully saturated rings. The molecule has 110 valence electrons. The van der Waals surface area contributed by atoms with Gasteiger partial charge in [0.05, 0.1) is 25.0 Å². The van der Waals surface area contributed by atoms with Gasteiger partial charge >= 0.3 is 0 Å². The van der Waals surface area contributed by atoms with Gasteiger partial charge < -0.3 is 10.1 Å². The summed E-state index contributed by atoms with van der Waals surface area (Å²) in [7, 11) is 1.72. The van der Waals surface area contributed by atoms with Crippen LogP contribution in [0.4, 0.5) is 0 Å². The third-order valence-electron chi connectivity index (χ3n) is 2.97. The summed E-state index contributed by atoms with van der Waals surface area (Å²) in [5.41, 5.74) is 1.18. The second-order valence-electron chi connectivity index (χ2n) is 4.50. The van der Waals surface area contributed by atoms with Gasteiger partial charge in [-0.25, -0.2) is 0 Å². The first kappa shape index (κ1) is 16.4. The van der Waals surface area contributed by atoms with Crippen LogP contribution in [0.15, 0.2) is 6.20 Å². The monoisotopic (exact) mass is 285 g/mol. The number of rotatable bonds is 10. The fourth-order valence-electron chi connectivity index (χ4n) is 2.04. The maximum Gasteiger partial charge on any atom is 0.161 e. The molecule has 0 aromatic carbocycles. The minimum absolute atomic E-state index is 0.314. The van der Waals surface area contributed by atoms with Crippen molar-refractivity contribution in [3.63, 3.8) is 0 Å². The third-order valence-corrected chi connectivity index (χ3v) is 4.23. The molecule has 0 aliphatic heterocycles. The van der Waals surface area contributed by atoms with Crippen LogP contribution in [-0.2, 0) is 6.54 Å². The first-order chi connectivity index (χ1) is 9.28. The summed E-state index contributed by atoms with van der Waals surface area (Å²) in [5.74, 6) is 3.16. The molecular weight excluding hydrogens is 258 g/mol. The Morgan fingerprint density at radius 1 is 1.37 bits per heavy atom. The smallest absolute Gasteiger partial charge is 0.161 e. The van der Waals surface area contributed by atoms with Gasteiger partial charge in [-0.3, -0.25) is 4.68 Å². The number of aryl methyl sites for hydroxylation is 1. The molecule has 1 heterocycles. The molecule has 0 radical (unpaired) electrons. The van der Waals surface area contributed by atoms with E-state index in [0.717, 1.165) is 31.0 Å². The van der Waals surface area contributed by atoms with Crippen LogP contribution in [0, 0.1) is 0 Å². The van der Waals surface area contributed by atoms with E-state index in [2.05, 4.69) is 31.2 Å². The van der Waals surface area contributed by atoms with Gasteiger partial charge in [0.15, 0.2) is 5.75 Å². The summed E-state index contributed by atoms with van der Waals surface area (Å²) in [4.78, 5) is 0. The maximum absolute atomic E-state index is 5.46. The first-order valence-corrected chi connectivity index (χ1v) is 8.34. The van der Waals surface area contributed by atoms with Gasteiger partial charge in [-0.1, -0.05) is 13.8 Å². The van der Waals surface area contributed by atoms with Crippen LogP contribution in [-0.4, -0.2) is 34.9 Å². The number of hydrogen-bond donors (Lipinski definition) is 1. The summed E-state index contributed by atoms with van der Waals surface area (Å²) in [6, 6.07) is 0.314. The average molecular weight is 285 g/mol. The van der Waals surface area contributed by atoms with E-state index in [9.17, 15) is 0 Å². The summed E-state index contributed by atoms with van der Waals surface area (Å²) in [6.45, 7) is 8.43. The molecule has 1 N–H and O–H groups in total. The minimum atomic E-state index is 0.314. The van der Waals surface area contributed by atoms with Gasteiger partial charge in [0.2, 0.25) is 0 Å². The third kappa shape index (κ3) is 4.73. The molecule has 1 aromatic heterocycles. The van der Waals surface area contributed by atoms with Crippen molar-refractivity contribution >= 4 is 11.8 Å². The molecule has 1 atom stereocenters. The van der Waals surface area contributed by atoms with Crippen molar-refractivity contribution in [1.82, 2.24) is 15.1 Å². The Hall–Kier alpha value is -0.680. The lowest BCUT2D eigenvalue weighted by Crippen LogP contribution is -2.27. The minimum Gasteiger partial charge on any atom is -0.493 e. The van der Waals surface area contributed by atoms with Gasteiger partial charge in [-0.05, 0) is 32.1 Å². The van der Waals surface area contributed by atoms with Gasteiger partial charge in [0, 0.05) is 12.3 Å². The van der Waals surface area contributed by atoms with Crippen molar-refractivity contribution in [2.45, 2.75) is 46.2 Å². The second kappa shape index (κ2) is 9.26. The maximum atomic E-state index is 5.46. The highest BCUT2D eigenvalue weighted by Gasteiger charge is 2.20. The van der Waals surface area contributed by atoms with Crippen molar-refractivity contribution in [3.05, 3.63) is 11.9 Å². The lowest BCUT2D eigenvalue weighted by Gasteiger charge is -2.20. The zero-order chi connectivity index (χ0) is 14.1. The van der Waals surface area contributed by atoms with E-state index in [-0.39, 0.29) is 0 Å². The van der Waals surface area contributed by atoms with E-state index in [1.54, 1.807) is 7.11 Å². The van der Waals surface area contributed by atoms with E-state index in [1.165, 1.54) is 17.9 Å². The van der Waals surface area contributed by atoms with E-state index < -0.39 is 0 Å². The van der Waals surface area contributed by atoms with Crippen molar-refractivity contribution < 1.29 is 4.74 Å². The predicted octanol–water partition coefficient (Wildman–Crippen LogP) is 3.10. The van der Waals surface area contributed by atoms with E-state index in [0.29, 0.717) is 6.04 Å². The Morgan fingerprint density at radius 3 is 2.74 bits per heavy atom. The molecular formula is C14H27N3OS. The zero-order valence-electron chi connectivity index (χ0n) is 12.6. The van der Waals surface area contributed by atoms with Crippen LogP contribution in [0.25, 0.3) is 0 Å². The highest BCUT2D eigenvalue weighted by Crippen LogP contribution is 2.27. The standard InChI is InChI=1S/C14H27N3OS/c1-5-8-15-12(11-19-9-6-2)14-13(18-4)10-16-17(14)7-3/h10,12,15H,5-9,11H2,1-4H3. The van der Waals surface area contributed by atoms with Crippen LogP contribution in [0.1, 0.15) is 45.3 Å². The van der Waals surface area contributed by atoms with Crippen molar-refractivity contribution in [3.8, 4) is 5.75 Å². The van der Waals surface area contributed by atoms with Gasteiger partial charge in [-0.15, -0.1) is 0 Å². The molecule has 0 saturated heterocycles. The Bertz CT molecular complexity index is 333. The number of methoxy groups -OCH3 is 1. The van der Waals surface area contributed by atoms with Crippen molar-refractivity contribution in [2.24, 2.45) is 0 Å². The van der Waals surface area contributed by atoms with Gasteiger partial charge in [0.25, 0.3) is 0 Å². The average Bonchev–Trinajstić information content (AvgIpc) is 2.85. The summed E-state index contributed by atoms with van der Waals surface area (Å²) < 4.78 is 7.50. The van der Waals surface area contributed by atoms with E-state index in [1.807, 2.05) is 22.6 Å². The highest BCUT2D eigenvalue weighted by atomic mass is 32.2. The molecule has 0 amide bonds. The normalized spacial score (nSPS) is 12.6. The lowest BCUT2D eigenvalue weighted by atomic mass is 10.2. The fraction of sp³-hybridized carbons (Fsp3) is 0.786. The van der Waals surface area contributed by atoms with Gasteiger partial charge in [-0.2, -0.15) is 16.9 Å². The summed E-state index contributed by atoms with van der Waals surface area (Å²) in [6.07, 6.45) is 4.18. The number of hydrogen-bond acceptors (Lipinski definition) is 4. The number of nitrogens with zero attached hydrogens (tertiary/aromatic N) is 2. The Kier molecular flexibility index (Phi) is 7.98. The molecule has 1 aromatic rings. The fourth-order valence-corrected chi connectivity index (χ4v) is 3.00. The van der Waals surface area contributed by atoms with Crippen LogP contribution in [0.2, 0.25) is 0 Å². The quantitative estimate of drug-likeness (QED) is 0.671. The molecule has 5 heteroatoms. The number of nitrogens with one attached hydrogen (secondary N) is 1. The van der Waals surface area contributed by atoms with Crippen LogP contribution in [0.3, 0.4) is 0 Å². The molecule has 4 nitrogen and oxygen atoms in total. The molecule has 1 rings (SSSR count). The molecule has 19 heavy (non-hydrogen) atoms. The summed E-state index contributed by atoms with van der Waals surface area (Å²) in [5, 5.41) is 8.02. The largest absolute Gasteiger partial charge is 0.493 e. The Morgan fingerprint density at radius 2 is 2.16 bits per heavy atom. The van der Waals surface area contributed by atoms with Crippen molar-refractivity contribution in [2.75, 3.05) is 25.2 Å². The number of thioether (sulfide) groups is 1. The number of ether oxygens (including phenoxy) is 1. The topological polar surface area (TPSA) is 39.1 Å². The molecule has 0 saturated carbocycles. The van der Waals surface area contributed by atoms with Gasteiger partial charge in [0.1, 0.15) is 0 Å². The van der Waals surface area contributed by atoms with Crippen molar-refractivity contribution in [1.29, 1.82) is 0 Å². The van der Waals surface area contributed by atoms with Crippen LogP contribution in [0.5, 0.6) is 5.75 Å². The molecule has 0 bridgehead atoms. The first-order valence-electron chi connectivity index (χ1n) is 7.19. The Balaban J connectivity index is 2.84. The molecule has 0 spiro atoms. The van der Waals surface area contributed by atoms with E-state index in [4.69, 9.17) is 4.74 Å². The lowest BCUT2D eigenvalue weighted by molar-refractivity contribution is 0.396. The molecule has 1 unspecified atom stereocenters. The number of aromatic nitrogens is 2. The Labute approximate surface area is 121 Å². The highest BCUT2D eigenvalue weighted by molar-refractivity contribution is 7.99. The second-order valence-corrected chi connectivity index (χ2v) is 5.65. The predicted molar refractivity (Wildman–Crippen MR) is 83.1 cm³/mol. The summed E-state index contributed by atoms with van der Waals surface area (Å²) >= 11 is 1.99.